The van der Waals surface area contributed by atoms with Crippen molar-refractivity contribution in [2.24, 2.45) is 0 Å². The fraction of sp³-hybridized carbons (Fsp3) is 0.350. The van der Waals surface area contributed by atoms with Crippen LogP contribution < -0.4 is 14.8 Å². The molecular formula is C20H23N3O7S. The number of hydrogen-bond acceptors (Lipinski definition) is 7. The van der Waals surface area contributed by atoms with Crippen molar-refractivity contribution < 1.29 is 27.6 Å². The minimum absolute atomic E-state index is 0.0711. The van der Waals surface area contributed by atoms with Crippen LogP contribution in [0.1, 0.15) is 19.3 Å². The maximum atomic E-state index is 12.9. The lowest BCUT2D eigenvalue weighted by Crippen LogP contribution is -2.35. The SMILES string of the molecule is COc1ccc(S(=O)(=O)N2CCCCC2)cc1NC(=O)COc1ccc([N+](=O)[O-])cc1. The number of nitro groups is 1. The average Bonchev–Trinajstić information content (AvgIpc) is 2.78. The third kappa shape index (κ3) is 5.50. The van der Waals surface area contributed by atoms with E-state index in [0.717, 1.165) is 19.3 Å². The lowest BCUT2D eigenvalue weighted by Gasteiger charge is -2.26. The van der Waals surface area contributed by atoms with E-state index in [2.05, 4.69) is 5.32 Å². The first-order valence-electron chi connectivity index (χ1n) is 9.66. The monoisotopic (exact) mass is 449 g/mol. The number of nitro benzene ring substituents is 1. The molecule has 166 valence electrons. The molecule has 11 heteroatoms. The minimum Gasteiger partial charge on any atom is -0.495 e. The van der Waals surface area contributed by atoms with Crippen molar-refractivity contribution in [3.8, 4) is 11.5 Å². The molecule has 1 aliphatic rings. The van der Waals surface area contributed by atoms with Gasteiger partial charge >= 0.3 is 0 Å². The Kier molecular flexibility index (Phi) is 7.08. The molecule has 2 aromatic carbocycles. The molecule has 0 radical (unpaired) electrons. The van der Waals surface area contributed by atoms with E-state index >= 15 is 0 Å². The van der Waals surface area contributed by atoms with E-state index in [0.29, 0.717) is 18.8 Å². The van der Waals surface area contributed by atoms with Crippen LogP contribution in [-0.2, 0) is 14.8 Å². The molecule has 0 saturated carbocycles. The van der Waals surface area contributed by atoms with E-state index in [1.54, 1.807) is 0 Å². The van der Waals surface area contributed by atoms with Gasteiger partial charge in [-0.1, -0.05) is 6.42 Å². The molecule has 0 spiro atoms. The maximum Gasteiger partial charge on any atom is 0.269 e. The van der Waals surface area contributed by atoms with Gasteiger partial charge in [0, 0.05) is 25.2 Å². The number of rotatable bonds is 8. The number of amides is 1. The van der Waals surface area contributed by atoms with Gasteiger partial charge in [-0.2, -0.15) is 4.31 Å². The van der Waals surface area contributed by atoms with Crippen LogP contribution in [0, 0.1) is 10.1 Å². The Morgan fingerprint density at radius 3 is 2.42 bits per heavy atom. The van der Waals surface area contributed by atoms with E-state index in [4.69, 9.17) is 9.47 Å². The predicted molar refractivity (Wildman–Crippen MR) is 113 cm³/mol. The Balaban J connectivity index is 1.70. The molecule has 0 aliphatic carbocycles. The molecule has 0 aromatic heterocycles. The van der Waals surface area contributed by atoms with Gasteiger partial charge in [0.15, 0.2) is 6.61 Å². The topological polar surface area (TPSA) is 128 Å². The summed E-state index contributed by atoms with van der Waals surface area (Å²) >= 11 is 0. The van der Waals surface area contributed by atoms with Crippen molar-refractivity contribution in [3.63, 3.8) is 0 Å². The summed E-state index contributed by atoms with van der Waals surface area (Å²) in [4.78, 5) is 22.6. The molecule has 1 heterocycles. The van der Waals surface area contributed by atoms with E-state index in [-0.39, 0.29) is 28.6 Å². The summed E-state index contributed by atoms with van der Waals surface area (Å²) < 4.78 is 37.8. The highest BCUT2D eigenvalue weighted by atomic mass is 32.2. The van der Waals surface area contributed by atoms with Crippen LogP contribution in [0.25, 0.3) is 0 Å². The zero-order chi connectivity index (χ0) is 22.4. The first-order valence-corrected chi connectivity index (χ1v) is 11.1. The van der Waals surface area contributed by atoms with E-state index in [9.17, 15) is 23.3 Å². The van der Waals surface area contributed by atoms with Crippen molar-refractivity contribution in [2.75, 3.05) is 32.1 Å². The number of piperidine rings is 1. The molecule has 2 aromatic rings. The van der Waals surface area contributed by atoms with Gasteiger partial charge in [-0.3, -0.25) is 14.9 Å². The highest BCUT2D eigenvalue weighted by Crippen LogP contribution is 2.30. The fourth-order valence-corrected chi connectivity index (χ4v) is 4.74. The van der Waals surface area contributed by atoms with Crippen molar-refractivity contribution >= 4 is 27.3 Å². The van der Waals surface area contributed by atoms with Crippen LogP contribution in [0.2, 0.25) is 0 Å². The largest absolute Gasteiger partial charge is 0.495 e. The number of hydrogen-bond donors (Lipinski definition) is 1. The van der Waals surface area contributed by atoms with Crippen molar-refractivity contribution in [3.05, 3.63) is 52.6 Å². The molecule has 31 heavy (non-hydrogen) atoms. The first-order chi connectivity index (χ1) is 14.8. The number of nitrogens with one attached hydrogen (secondary N) is 1. The van der Waals surface area contributed by atoms with Crippen molar-refractivity contribution in [1.29, 1.82) is 0 Å². The Labute approximate surface area is 180 Å². The zero-order valence-electron chi connectivity index (χ0n) is 16.9. The number of methoxy groups -OCH3 is 1. The second kappa shape index (κ2) is 9.75. The molecule has 1 amide bonds. The molecule has 1 N–H and O–H groups in total. The van der Waals surface area contributed by atoms with Gasteiger partial charge in [0.1, 0.15) is 11.5 Å². The van der Waals surface area contributed by atoms with Crippen LogP contribution in [0.4, 0.5) is 11.4 Å². The first kappa shape index (κ1) is 22.5. The van der Waals surface area contributed by atoms with Gasteiger partial charge in [-0.25, -0.2) is 8.42 Å². The number of nitrogens with zero attached hydrogens (tertiary/aromatic N) is 2. The van der Waals surface area contributed by atoms with E-state index in [1.165, 1.54) is 53.9 Å². The van der Waals surface area contributed by atoms with E-state index < -0.39 is 20.9 Å². The van der Waals surface area contributed by atoms with Gasteiger partial charge in [-0.05, 0) is 43.2 Å². The molecule has 0 bridgehead atoms. The summed E-state index contributed by atoms with van der Waals surface area (Å²) in [7, 11) is -2.26. The van der Waals surface area contributed by atoms with Crippen LogP contribution in [0.5, 0.6) is 11.5 Å². The molecule has 3 rings (SSSR count). The molecule has 0 unspecified atom stereocenters. The number of carbonyl (C=O) groups is 1. The van der Waals surface area contributed by atoms with E-state index in [1.807, 2.05) is 0 Å². The molecular weight excluding hydrogens is 426 g/mol. The summed E-state index contributed by atoms with van der Waals surface area (Å²) in [5.41, 5.74) is 0.117. The predicted octanol–water partition coefficient (Wildman–Crippen LogP) is 2.80. The molecule has 1 aliphatic heterocycles. The number of non-ortho nitro benzene ring substituents is 1. The number of benzene rings is 2. The van der Waals surface area contributed by atoms with Crippen LogP contribution in [0.3, 0.4) is 0 Å². The zero-order valence-corrected chi connectivity index (χ0v) is 17.8. The molecule has 1 fully saturated rings. The summed E-state index contributed by atoms with van der Waals surface area (Å²) in [6, 6.07) is 9.62. The van der Waals surface area contributed by atoms with Gasteiger partial charge in [0.2, 0.25) is 10.0 Å². The second-order valence-electron chi connectivity index (χ2n) is 6.91. The standard InChI is InChI=1S/C20H23N3O7S/c1-29-19-10-9-17(31(27,28)22-11-3-2-4-12-22)13-18(19)21-20(24)14-30-16-7-5-15(6-8-16)23(25)26/h5-10,13H,2-4,11-12,14H2,1H3,(H,21,24). The molecule has 10 nitrogen and oxygen atoms in total. The highest BCUT2D eigenvalue weighted by molar-refractivity contribution is 7.89. The van der Waals surface area contributed by atoms with Gasteiger partial charge in [-0.15, -0.1) is 0 Å². The number of sulfonamides is 1. The maximum absolute atomic E-state index is 12.9. The smallest absolute Gasteiger partial charge is 0.269 e. The number of carbonyl (C=O) groups excluding carboxylic acids is 1. The van der Waals surface area contributed by atoms with Crippen LogP contribution in [-0.4, -0.2) is 50.4 Å². The summed E-state index contributed by atoms with van der Waals surface area (Å²) in [5.74, 6) is 0.0552. The van der Waals surface area contributed by atoms with Crippen LogP contribution in [0.15, 0.2) is 47.4 Å². The Hall–Kier alpha value is -3.18. The normalized spacial score (nSPS) is 14.6. The summed E-state index contributed by atoms with van der Waals surface area (Å²) in [6.45, 7) is 0.572. The molecule has 1 saturated heterocycles. The van der Waals surface area contributed by atoms with Gasteiger partial charge < -0.3 is 14.8 Å². The lowest BCUT2D eigenvalue weighted by atomic mass is 10.2. The molecule has 0 atom stereocenters. The number of anilines is 1. The third-order valence-electron chi connectivity index (χ3n) is 4.82. The van der Waals surface area contributed by atoms with Crippen LogP contribution >= 0.6 is 0 Å². The Morgan fingerprint density at radius 1 is 1.13 bits per heavy atom. The summed E-state index contributed by atoms with van der Waals surface area (Å²) in [5, 5.41) is 13.3. The lowest BCUT2D eigenvalue weighted by molar-refractivity contribution is -0.384. The Morgan fingerprint density at radius 2 is 1.81 bits per heavy atom. The van der Waals surface area contributed by atoms with Gasteiger partial charge in [0.25, 0.3) is 11.6 Å². The summed E-state index contributed by atoms with van der Waals surface area (Å²) in [6.07, 6.45) is 2.64. The fourth-order valence-electron chi connectivity index (χ4n) is 3.20. The van der Waals surface area contributed by atoms with Gasteiger partial charge in [0.05, 0.1) is 22.6 Å². The van der Waals surface area contributed by atoms with Crippen molar-refractivity contribution in [1.82, 2.24) is 4.31 Å². The second-order valence-corrected chi connectivity index (χ2v) is 8.85. The highest BCUT2D eigenvalue weighted by Gasteiger charge is 2.27. The Bertz CT molecular complexity index is 1050. The minimum atomic E-state index is -3.67. The average molecular weight is 449 g/mol. The third-order valence-corrected chi connectivity index (χ3v) is 6.71. The quantitative estimate of drug-likeness (QED) is 0.485. The number of ether oxygens (including phenoxy) is 2. The van der Waals surface area contributed by atoms with Crippen molar-refractivity contribution in [2.45, 2.75) is 24.2 Å².